The third-order valence-corrected chi connectivity index (χ3v) is 3.09. The summed E-state index contributed by atoms with van der Waals surface area (Å²) in [5.74, 6) is 0. The molecule has 0 radical (unpaired) electrons. The average Bonchev–Trinajstić information content (AvgIpc) is 1.64. The molecule has 0 heterocycles. The van der Waals surface area contributed by atoms with Crippen LogP contribution in [0.4, 0.5) is 0 Å². The van der Waals surface area contributed by atoms with Crippen molar-refractivity contribution in [2.45, 2.75) is 39.8 Å². The van der Waals surface area contributed by atoms with Crippen LogP contribution in [0.2, 0.25) is 0 Å². The number of nitrogens with zero attached hydrogens (tertiary/aromatic N) is 1. The Balaban J connectivity index is 3.46. The standard InChI is InChI=1S/C6H14N.Mo/c1-5(2)7-6(3)4;/h5-6H,1-4H3;/q-1;+1. The first kappa shape index (κ1) is 8.65. The summed E-state index contributed by atoms with van der Waals surface area (Å²) in [6.07, 6.45) is 0. The SMILES string of the molecule is CC(C)[N]([Mo])C(C)C. The van der Waals surface area contributed by atoms with Crippen LogP contribution in [0.15, 0.2) is 0 Å². The van der Waals surface area contributed by atoms with E-state index >= 15 is 0 Å². The van der Waals surface area contributed by atoms with Gasteiger partial charge in [-0.05, 0) is 0 Å². The van der Waals surface area contributed by atoms with Gasteiger partial charge in [-0.25, -0.2) is 0 Å². The van der Waals surface area contributed by atoms with Crippen molar-refractivity contribution in [2.24, 2.45) is 0 Å². The van der Waals surface area contributed by atoms with E-state index in [1.54, 1.807) is 0 Å². The van der Waals surface area contributed by atoms with Crippen molar-refractivity contribution in [2.75, 3.05) is 0 Å². The fraction of sp³-hybridized carbons (Fsp3) is 1.00. The van der Waals surface area contributed by atoms with E-state index in [2.05, 4.69) is 51.2 Å². The van der Waals surface area contributed by atoms with E-state index in [-0.39, 0.29) is 0 Å². The Morgan fingerprint density at radius 1 is 1.00 bits per heavy atom. The van der Waals surface area contributed by atoms with E-state index in [0.29, 0.717) is 12.1 Å². The monoisotopic (exact) mass is 198 g/mol. The zero-order valence-corrected chi connectivity index (χ0v) is 8.02. The summed E-state index contributed by atoms with van der Waals surface area (Å²) in [6, 6.07) is 1.36. The van der Waals surface area contributed by atoms with Crippen LogP contribution in [0.25, 0.3) is 0 Å². The summed E-state index contributed by atoms with van der Waals surface area (Å²) in [6.45, 7) is 8.84. The van der Waals surface area contributed by atoms with E-state index in [1.807, 2.05) is 0 Å². The average molecular weight is 196 g/mol. The normalized spacial score (nSPS) is 11.9. The number of rotatable bonds is 2. The number of hydrogen-bond donors (Lipinski definition) is 0. The Morgan fingerprint density at radius 2 is 1.25 bits per heavy atom. The summed E-state index contributed by atoms with van der Waals surface area (Å²) >= 11 is 2.08. The van der Waals surface area contributed by atoms with E-state index in [1.165, 1.54) is 0 Å². The molecule has 0 fully saturated rings. The zero-order chi connectivity index (χ0) is 6.73. The summed E-state index contributed by atoms with van der Waals surface area (Å²) in [5.41, 5.74) is 0. The first-order valence-electron chi connectivity index (χ1n) is 3.01. The molecule has 0 saturated heterocycles. The van der Waals surface area contributed by atoms with Crippen molar-refractivity contribution in [3.63, 3.8) is 0 Å². The van der Waals surface area contributed by atoms with Gasteiger partial charge in [-0.2, -0.15) is 0 Å². The topological polar surface area (TPSA) is 3.24 Å². The molecule has 0 unspecified atom stereocenters. The molecule has 0 aliphatic rings. The second-order valence-electron chi connectivity index (χ2n) is 2.55. The second-order valence-corrected chi connectivity index (χ2v) is 3.58. The van der Waals surface area contributed by atoms with Crippen molar-refractivity contribution in [1.82, 2.24) is 3.46 Å². The van der Waals surface area contributed by atoms with Gasteiger partial charge in [-0.1, -0.05) is 0 Å². The summed E-state index contributed by atoms with van der Waals surface area (Å²) in [4.78, 5) is 0. The minimum absolute atomic E-state index is 0.680. The second kappa shape index (κ2) is 3.63. The van der Waals surface area contributed by atoms with Crippen molar-refractivity contribution >= 4 is 0 Å². The van der Waals surface area contributed by atoms with Crippen molar-refractivity contribution in [3.05, 3.63) is 0 Å². The molecule has 0 aromatic rings. The van der Waals surface area contributed by atoms with Gasteiger partial charge in [0.25, 0.3) is 0 Å². The van der Waals surface area contributed by atoms with Gasteiger partial charge in [-0.15, -0.1) is 0 Å². The minimum atomic E-state index is 0.680. The Morgan fingerprint density at radius 3 is 1.25 bits per heavy atom. The molecule has 0 rings (SSSR count). The zero-order valence-electron chi connectivity index (χ0n) is 6.01. The first-order valence-corrected chi connectivity index (χ1v) is 3.91. The molecule has 0 aliphatic heterocycles. The van der Waals surface area contributed by atoms with Gasteiger partial charge in [0.1, 0.15) is 0 Å². The number of hydrogen-bond acceptors (Lipinski definition) is 1. The predicted octanol–water partition coefficient (Wildman–Crippen LogP) is 1.57. The predicted molar refractivity (Wildman–Crippen MR) is 32.1 cm³/mol. The van der Waals surface area contributed by atoms with Gasteiger partial charge >= 0.3 is 63.3 Å². The Labute approximate surface area is 63.6 Å². The summed E-state index contributed by atoms with van der Waals surface area (Å²) in [7, 11) is 0. The molecule has 49 valence electrons. The quantitative estimate of drug-likeness (QED) is 0.606. The van der Waals surface area contributed by atoms with Gasteiger partial charge in [-0.3, -0.25) is 0 Å². The van der Waals surface area contributed by atoms with Gasteiger partial charge in [0, 0.05) is 0 Å². The molecule has 1 nitrogen and oxygen atoms in total. The Bertz CT molecular complexity index is 53.5. The van der Waals surface area contributed by atoms with Crippen molar-refractivity contribution in [1.29, 1.82) is 0 Å². The Hall–Kier alpha value is 0.648. The Kier molecular flexibility index (Phi) is 3.93. The van der Waals surface area contributed by atoms with E-state index in [4.69, 9.17) is 0 Å². The van der Waals surface area contributed by atoms with Crippen molar-refractivity contribution < 1.29 is 20.1 Å². The molecule has 0 aromatic carbocycles. The molecule has 0 saturated carbocycles. The van der Waals surface area contributed by atoms with Gasteiger partial charge in [0.15, 0.2) is 0 Å². The molecule has 0 amide bonds. The molecule has 0 bridgehead atoms. The fourth-order valence-electron chi connectivity index (χ4n) is 0.596. The van der Waals surface area contributed by atoms with E-state index in [9.17, 15) is 0 Å². The first-order chi connectivity index (χ1) is 3.55. The molecule has 0 atom stereocenters. The van der Waals surface area contributed by atoms with Crippen LogP contribution in [0.1, 0.15) is 27.7 Å². The molecule has 0 aromatic heterocycles. The van der Waals surface area contributed by atoms with E-state index < -0.39 is 0 Å². The van der Waals surface area contributed by atoms with Crippen LogP contribution >= 0.6 is 0 Å². The van der Waals surface area contributed by atoms with Crippen LogP contribution in [0.5, 0.6) is 0 Å². The van der Waals surface area contributed by atoms with Crippen LogP contribution in [-0.2, 0) is 20.1 Å². The molecule has 0 spiro atoms. The molecule has 0 N–H and O–H groups in total. The molecule has 2 heteroatoms. The van der Waals surface area contributed by atoms with Gasteiger partial charge in [0.2, 0.25) is 0 Å². The fourth-order valence-corrected chi connectivity index (χ4v) is 0.596. The summed E-state index contributed by atoms with van der Waals surface area (Å²) < 4.78 is 2.34. The molecular weight excluding hydrogens is 182 g/mol. The van der Waals surface area contributed by atoms with Gasteiger partial charge in [0.05, 0.1) is 0 Å². The van der Waals surface area contributed by atoms with Gasteiger partial charge < -0.3 is 0 Å². The van der Waals surface area contributed by atoms with Crippen LogP contribution in [-0.4, -0.2) is 15.5 Å². The summed E-state index contributed by atoms with van der Waals surface area (Å²) in [5, 5.41) is 0. The van der Waals surface area contributed by atoms with Crippen LogP contribution in [0.3, 0.4) is 0 Å². The maximum absolute atomic E-state index is 2.34. The third-order valence-electron chi connectivity index (χ3n) is 1.02. The third kappa shape index (κ3) is 2.84. The molecular formula is C6H14MoN. The van der Waals surface area contributed by atoms with Crippen LogP contribution in [0, 0.1) is 0 Å². The van der Waals surface area contributed by atoms with Crippen molar-refractivity contribution in [3.8, 4) is 0 Å². The van der Waals surface area contributed by atoms with Crippen LogP contribution < -0.4 is 0 Å². The molecule has 8 heavy (non-hydrogen) atoms. The van der Waals surface area contributed by atoms with E-state index in [0.717, 1.165) is 0 Å². The molecule has 0 aliphatic carbocycles. The maximum atomic E-state index is 2.34.